The fraction of sp³-hybridized carbons (Fsp3) is 0.417. The summed E-state index contributed by atoms with van der Waals surface area (Å²) in [7, 11) is 0. The smallest absolute Gasteiger partial charge is 0.275 e. The molecule has 0 aliphatic carbocycles. The Morgan fingerprint density at radius 1 is 1.53 bits per heavy atom. The molecule has 0 unspecified atom stereocenters. The van der Waals surface area contributed by atoms with Crippen LogP contribution in [0, 0.1) is 22.9 Å². The largest absolute Gasteiger partial charge is 0.481 e. The fourth-order valence-corrected chi connectivity index (χ4v) is 1.46. The van der Waals surface area contributed by atoms with Gasteiger partial charge in [0, 0.05) is 11.6 Å². The van der Waals surface area contributed by atoms with Crippen molar-refractivity contribution in [3.05, 3.63) is 33.6 Å². The Bertz CT molecular complexity index is 503. The van der Waals surface area contributed by atoms with Gasteiger partial charge in [0.2, 0.25) is 0 Å². The first kappa shape index (κ1) is 14.9. The van der Waals surface area contributed by atoms with Gasteiger partial charge in [0.15, 0.2) is 18.2 Å². The third kappa shape index (κ3) is 4.20. The molecule has 0 bridgehead atoms. The molecule has 0 fully saturated rings. The first-order valence-electron chi connectivity index (χ1n) is 5.68. The van der Waals surface area contributed by atoms with Crippen LogP contribution in [-0.4, -0.2) is 23.5 Å². The third-order valence-electron chi connectivity index (χ3n) is 2.26. The minimum Gasteiger partial charge on any atom is -0.481 e. The van der Waals surface area contributed by atoms with Gasteiger partial charge in [-0.05, 0) is 26.8 Å². The second kappa shape index (κ2) is 6.12. The lowest BCUT2D eigenvalue weighted by atomic mass is 10.2. The standard InChI is InChI=1S/C12H15FN2O4/c1-7(2)14-12(16)6-19-11-4-8(3)10(15(17)18)5-9(11)13/h4-5,7H,6H2,1-3H3,(H,14,16). The molecule has 1 amide bonds. The number of nitrogens with zero attached hydrogens (tertiary/aromatic N) is 1. The van der Waals surface area contributed by atoms with E-state index >= 15 is 0 Å². The molecule has 0 aliphatic heterocycles. The van der Waals surface area contributed by atoms with Crippen LogP contribution >= 0.6 is 0 Å². The Morgan fingerprint density at radius 2 is 2.16 bits per heavy atom. The Labute approximate surface area is 109 Å². The number of hydrogen-bond donors (Lipinski definition) is 1. The number of amides is 1. The van der Waals surface area contributed by atoms with Crippen molar-refractivity contribution in [3.63, 3.8) is 0 Å². The molecular weight excluding hydrogens is 255 g/mol. The Balaban J connectivity index is 2.77. The Hall–Kier alpha value is -2.18. The molecule has 0 saturated carbocycles. The van der Waals surface area contributed by atoms with Crippen molar-refractivity contribution in [2.45, 2.75) is 26.8 Å². The van der Waals surface area contributed by atoms with E-state index in [4.69, 9.17) is 4.74 Å². The van der Waals surface area contributed by atoms with Gasteiger partial charge in [0.05, 0.1) is 11.0 Å². The van der Waals surface area contributed by atoms with Gasteiger partial charge in [-0.3, -0.25) is 14.9 Å². The van der Waals surface area contributed by atoms with E-state index in [9.17, 15) is 19.3 Å². The van der Waals surface area contributed by atoms with Gasteiger partial charge in [-0.25, -0.2) is 4.39 Å². The molecular formula is C12H15FN2O4. The number of nitro groups is 1. The zero-order valence-electron chi connectivity index (χ0n) is 10.9. The predicted octanol–water partition coefficient (Wildman–Crippen LogP) is 1.95. The summed E-state index contributed by atoms with van der Waals surface area (Å²) >= 11 is 0. The Kier molecular flexibility index (Phi) is 4.80. The topological polar surface area (TPSA) is 81.5 Å². The maximum Gasteiger partial charge on any atom is 0.275 e. The number of nitro benzene ring substituents is 1. The van der Waals surface area contributed by atoms with E-state index in [1.165, 1.54) is 13.0 Å². The molecule has 0 radical (unpaired) electrons. The van der Waals surface area contributed by atoms with E-state index in [1.807, 2.05) is 0 Å². The van der Waals surface area contributed by atoms with Gasteiger partial charge >= 0.3 is 0 Å². The van der Waals surface area contributed by atoms with Crippen molar-refractivity contribution in [2.75, 3.05) is 6.61 Å². The highest BCUT2D eigenvalue weighted by molar-refractivity contribution is 5.77. The van der Waals surface area contributed by atoms with Crippen LogP contribution in [0.4, 0.5) is 10.1 Å². The number of carbonyl (C=O) groups is 1. The first-order valence-corrected chi connectivity index (χ1v) is 5.68. The summed E-state index contributed by atoms with van der Waals surface area (Å²) in [6.45, 7) is 4.70. The van der Waals surface area contributed by atoms with Crippen molar-refractivity contribution >= 4 is 11.6 Å². The minimum absolute atomic E-state index is 0.0421. The molecule has 0 heterocycles. The lowest BCUT2D eigenvalue weighted by Gasteiger charge is -2.10. The van der Waals surface area contributed by atoms with Crippen LogP contribution in [-0.2, 0) is 4.79 Å². The van der Waals surface area contributed by atoms with E-state index < -0.39 is 10.7 Å². The molecule has 1 aromatic carbocycles. The van der Waals surface area contributed by atoms with Gasteiger partial charge in [-0.1, -0.05) is 0 Å². The second-order valence-electron chi connectivity index (χ2n) is 4.34. The number of aryl methyl sites for hydroxylation is 1. The normalized spacial score (nSPS) is 10.4. The molecule has 0 spiro atoms. The highest BCUT2D eigenvalue weighted by Gasteiger charge is 2.17. The average Bonchev–Trinajstić information content (AvgIpc) is 2.28. The number of rotatable bonds is 5. The molecule has 1 N–H and O–H groups in total. The van der Waals surface area contributed by atoms with Gasteiger partial charge in [0.25, 0.3) is 11.6 Å². The molecule has 1 aromatic rings. The fourth-order valence-electron chi connectivity index (χ4n) is 1.46. The number of hydrogen-bond acceptors (Lipinski definition) is 4. The van der Waals surface area contributed by atoms with Crippen molar-refractivity contribution in [1.29, 1.82) is 0 Å². The molecule has 0 aromatic heterocycles. The SMILES string of the molecule is Cc1cc(OCC(=O)NC(C)C)c(F)cc1[N+](=O)[O-]. The highest BCUT2D eigenvalue weighted by atomic mass is 19.1. The van der Waals surface area contributed by atoms with Crippen molar-refractivity contribution < 1.29 is 18.8 Å². The zero-order chi connectivity index (χ0) is 14.6. The summed E-state index contributed by atoms with van der Waals surface area (Å²) < 4.78 is 18.5. The summed E-state index contributed by atoms with van der Waals surface area (Å²) in [5.74, 6) is -1.43. The maximum absolute atomic E-state index is 13.5. The lowest BCUT2D eigenvalue weighted by Crippen LogP contribution is -2.34. The van der Waals surface area contributed by atoms with Crippen molar-refractivity contribution in [2.24, 2.45) is 0 Å². The van der Waals surface area contributed by atoms with Gasteiger partial charge in [0.1, 0.15) is 0 Å². The monoisotopic (exact) mass is 270 g/mol. The number of halogens is 1. The summed E-state index contributed by atoms with van der Waals surface area (Å²) in [6, 6.07) is 1.95. The van der Waals surface area contributed by atoms with E-state index in [2.05, 4.69) is 5.32 Å². The number of ether oxygens (including phenoxy) is 1. The number of nitrogens with one attached hydrogen (secondary N) is 1. The molecule has 1 rings (SSSR count). The molecule has 0 atom stereocenters. The third-order valence-corrected chi connectivity index (χ3v) is 2.26. The second-order valence-corrected chi connectivity index (χ2v) is 4.34. The molecule has 0 aliphatic rings. The van der Waals surface area contributed by atoms with Gasteiger partial charge < -0.3 is 10.1 Å². The van der Waals surface area contributed by atoms with Crippen LogP contribution in [0.15, 0.2) is 12.1 Å². The van der Waals surface area contributed by atoms with E-state index in [1.54, 1.807) is 13.8 Å². The molecule has 6 nitrogen and oxygen atoms in total. The summed E-state index contributed by atoms with van der Waals surface area (Å²) in [6.07, 6.45) is 0. The minimum atomic E-state index is -0.866. The van der Waals surface area contributed by atoms with Gasteiger partial charge in [-0.15, -0.1) is 0 Å². The van der Waals surface area contributed by atoms with E-state index in [0.29, 0.717) is 0 Å². The zero-order valence-corrected chi connectivity index (χ0v) is 10.9. The number of benzene rings is 1. The lowest BCUT2D eigenvalue weighted by molar-refractivity contribution is -0.385. The van der Waals surface area contributed by atoms with Crippen LogP contribution < -0.4 is 10.1 Å². The van der Waals surface area contributed by atoms with Crippen molar-refractivity contribution in [1.82, 2.24) is 5.32 Å². The van der Waals surface area contributed by atoms with E-state index in [0.717, 1.165) is 6.07 Å². The first-order chi connectivity index (χ1) is 8.81. The van der Waals surface area contributed by atoms with Crippen LogP contribution in [0.1, 0.15) is 19.4 Å². The predicted molar refractivity (Wildman–Crippen MR) is 66.6 cm³/mol. The van der Waals surface area contributed by atoms with Gasteiger partial charge in [-0.2, -0.15) is 0 Å². The summed E-state index contributed by atoms with van der Waals surface area (Å²) in [5.41, 5.74) is -0.0536. The quantitative estimate of drug-likeness (QED) is 0.655. The van der Waals surface area contributed by atoms with E-state index in [-0.39, 0.29) is 35.6 Å². The molecule has 0 saturated heterocycles. The van der Waals surface area contributed by atoms with Crippen LogP contribution in [0.5, 0.6) is 5.75 Å². The van der Waals surface area contributed by atoms with Crippen LogP contribution in [0.3, 0.4) is 0 Å². The summed E-state index contributed by atoms with van der Waals surface area (Å²) in [5, 5.41) is 13.2. The Morgan fingerprint density at radius 3 is 2.68 bits per heavy atom. The molecule has 7 heteroatoms. The van der Waals surface area contributed by atoms with Crippen molar-refractivity contribution in [3.8, 4) is 5.75 Å². The average molecular weight is 270 g/mol. The molecule has 19 heavy (non-hydrogen) atoms. The highest BCUT2D eigenvalue weighted by Crippen LogP contribution is 2.26. The van der Waals surface area contributed by atoms with Crippen LogP contribution in [0.25, 0.3) is 0 Å². The maximum atomic E-state index is 13.5. The number of carbonyl (C=O) groups excluding carboxylic acids is 1. The summed E-state index contributed by atoms with van der Waals surface area (Å²) in [4.78, 5) is 21.3. The van der Waals surface area contributed by atoms with Crippen LogP contribution in [0.2, 0.25) is 0 Å². The molecule has 104 valence electrons.